The van der Waals surface area contributed by atoms with Crippen LogP contribution in [0.5, 0.6) is 0 Å². The highest BCUT2D eigenvalue weighted by molar-refractivity contribution is 7.09. The van der Waals surface area contributed by atoms with Gasteiger partial charge in [0.15, 0.2) is 0 Å². The Morgan fingerprint density at radius 2 is 2.20 bits per heavy atom. The van der Waals surface area contributed by atoms with Crippen LogP contribution in [0.3, 0.4) is 0 Å². The molecule has 0 spiro atoms. The molecule has 1 aromatic heterocycles. The van der Waals surface area contributed by atoms with Gasteiger partial charge in [-0.15, -0.1) is 11.3 Å². The van der Waals surface area contributed by atoms with Gasteiger partial charge in [-0.2, -0.15) is 0 Å². The quantitative estimate of drug-likeness (QED) is 0.600. The number of hydrogen-bond acceptors (Lipinski definition) is 4. The zero-order valence-corrected chi connectivity index (χ0v) is 14.0. The molecule has 0 saturated carbocycles. The molecular formula is C16H30N2OS. The SMILES string of the molecule is CCCCOCCNCCN(C)C(C)Cc1cccs1. The fourth-order valence-corrected chi connectivity index (χ4v) is 2.80. The second-order valence-electron chi connectivity index (χ2n) is 5.33. The lowest BCUT2D eigenvalue weighted by Gasteiger charge is -2.24. The van der Waals surface area contributed by atoms with Crippen molar-refractivity contribution in [3.8, 4) is 0 Å². The third kappa shape index (κ3) is 8.00. The molecule has 0 bridgehead atoms. The molecule has 1 aromatic rings. The predicted molar refractivity (Wildman–Crippen MR) is 88.7 cm³/mol. The minimum Gasteiger partial charge on any atom is -0.380 e. The molecule has 1 atom stereocenters. The van der Waals surface area contributed by atoms with Gasteiger partial charge in [-0.05, 0) is 38.3 Å². The van der Waals surface area contributed by atoms with Crippen LogP contribution in [0.15, 0.2) is 17.5 Å². The highest BCUT2D eigenvalue weighted by atomic mass is 32.1. The third-order valence-corrected chi connectivity index (χ3v) is 4.43. The Kier molecular flexibility index (Phi) is 9.93. The highest BCUT2D eigenvalue weighted by Gasteiger charge is 2.09. The van der Waals surface area contributed by atoms with Crippen LogP contribution in [-0.2, 0) is 11.2 Å². The standard InChI is InChI=1S/C16H30N2OS/c1-4-5-11-19-12-9-17-8-10-18(3)15(2)14-16-7-6-13-20-16/h6-7,13,15,17H,4-5,8-12,14H2,1-3H3. The summed E-state index contributed by atoms with van der Waals surface area (Å²) in [6.45, 7) is 9.29. The summed E-state index contributed by atoms with van der Waals surface area (Å²) >= 11 is 1.85. The van der Waals surface area contributed by atoms with E-state index in [0.717, 1.165) is 39.3 Å². The van der Waals surface area contributed by atoms with Gasteiger partial charge >= 0.3 is 0 Å². The maximum Gasteiger partial charge on any atom is 0.0590 e. The van der Waals surface area contributed by atoms with Gasteiger partial charge in [0, 0.05) is 37.2 Å². The summed E-state index contributed by atoms with van der Waals surface area (Å²) in [5.74, 6) is 0. The summed E-state index contributed by atoms with van der Waals surface area (Å²) in [5.41, 5.74) is 0. The maximum absolute atomic E-state index is 5.52. The summed E-state index contributed by atoms with van der Waals surface area (Å²) in [6.07, 6.45) is 3.53. The van der Waals surface area contributed by atoms with E-state index < -0.39 is 0 Å². The van der Waals surface area contributed by atoms with E-state index in [0.29, 0.717) is 6.04 Å². The highest BCUT2D eigenvalue weighted by Crippen LogP contribution is 2.13. The van der Waals surface area contributed by atoms with Gasteiger partial charge in [0.2, 0.25) is 0 Å². The van der Waals surface area contributed by atoms with E-state index in [1.54, 1.807) is 0 Å². The summed E-state index contributed by atoms with van der Waals surface area (Å²) < 4.78 is 5.52. The topological polar surface area (TPSA) is 24.5 Å². The Morgan fingerprint density at radius 3 is 2.90 bits per heavy atom. The first-order valence-corrected chi connectivity index (χ1v) is 8.63. The van der Waals surface area contributed by atoms with Crippen molar-refractivity contribution in [1.82, 2.24) is 10.2 Å². The molecule has 0 amide bonds. The molecule has 0 aliphatic heterocycles. The van der Waals surface area contributed by atoms with Gasteiger partial charge in [0.25, 0.3) is 0 Å². The van der Waals surface area contributed by atoms with E-state index in [2.05, 4.69) is 48.6 Å². The Balaban J connectivity index is 1.98. The monoisotopic (exact) mass is 298 g/mol. The Hall–Kier alpha value is -0.420. The molecule has 0 saturated heterocycles. The molecule has 0 fully saturated rings. The van der Waals surface area contributed by atoms with Gasteiger partial charge in [-0.3, -0.25) is 0 Å². The first-order valence-electron chi connectivity index (χ1n) is 7.75. The molecule has 1 N–H and O–H groups in total. The molecule has 116 valence electrons. The van der Waals surface area contributed by atoms with Crippen molar-refractivity contribution in [1.29, 1.82) is 0 Å². The number of nitrogens with zero attached hydrogens (tertiary/aromatic N) is 1. The Bertz CT molecular complexity index is 316. The van der Waals surface area contributed by atoms with E-state index >= 15 is 0 Å². The van der Waals surface area contributed by atoms with Crippen molar-refractivity contribution in [2.45, 2.75) is 39.2 Å². The van der Waals surface area contributed by atoms with Gasteiger partial charge in [-0.25, -0.2) is 0 Å². The molecule has 0 radical (unpaired) electrons. The summed E-state index contributed by atoms with van der Waals surface area (Å²) in [6, 6.07) is 4.95. The summed E-state index contributed by atoms with van der Waals surface area (Å²) in [4.78, 5) is 3.90. The molecule has 1 rings (SSSR count). The second-order valence-corrected chi connectivity index (χ2v) is 6.36. The normalized spacial score (nSPS) is 13.0. The lowest BCUT2D eigenvalue weighted by atomic mass is 10.2. The number of rotatable bonds is 12. The van der Waals surface area contributed by atoms with Gasteiger partial charge < -0.3 is 15.0 Å². The number of unbranched alkanes of at least 4 members (excludes halogenated alkanes) is 1. The molecule has 3 nitrogen and oxygen atoms in total. The van der Waals surface area contributed by atoms with Crippen molar-refractivity contribution in [2.24, 2.45) is 0 Å². The van der Waals surface area contributed by atoms with Crippen molar-refractivity contribution >= 4 is 11.3 Å². The van der Waals surface area contributed by atoms with Crippen LogP contribution in [-0.4, -0.2) is 50.8 Å². The lowest BCUT2D eigenvalue weighted by Crippen LogP contribution is -2.37. The number of likely N-dealkylation sites (N-methyl/N-ethyl adjacent to an activating group) is 1. The number of thiophene rings is 1. The fourth-order valence-electron chi connectivity index (χ4n) is 1.97. The summed E-state index contributed by atoms with van der Waals surface area (Å²) in [5, 5.41) is 5.60. The number of hydrogen-bond donors (Lipinski definition) is 1. The average molecular weight is 298 g/mol. The molecule has 0 aliphatic rings. The first kappa shape index (κ1) is 17.6. The van der Waals surface area contributed by atoms with Crippen molar-refractivity contribution in [3.63, 3.8) is 0 Å². The molecular weight excluding hydrogens is 268 g/mol. The van der Waals surface area contributed by atoms with Crippen LogP contribution in [0.2, 0.25) is 0 Å². The Morgan fingerprint density at radius 1 is 1.35 bits per heavy atom. The van der Waals surface area contributed by atoms with Gasteiger partial charge in [0.05, 0.1) is 6.61 Å². The van der Waals surface area contributed by atoms with Crippen LogP contribution in [0.1, 0.15) is 31.6 Å². The minimum absolute atomic E-state index is 0.594. The molecule has 0 aromatic carbocycles. The lowest BCUT2D eigenvalue weighted by molar-refractivity contribution is 0.132. The first-order chi connectivity index (χ1) is 9.74. The van der Waals surface area contributed by atoms with E-state index in [1.165, 1.54) is 17.7 Å². The molecule has 0 aliphatic carbocycles. The van der Waals surface area contributed by atoms with Crippen molar-refractivity contribution < 1.29 is 4.74 Å². The van der Waals surface area contributed by atoms with Crippen molar-refractivity contribution in [3.05, 3.63) is 22.4 Å². The molecule has 4 heteroatoms. The maximum atomic E-state index is 5.52. The number of ether oxygens (including phenoxy) is 1. The second kappa shape index (κ2) is 11.3. The van der Waals surface area contributed by atoms with Gasteiger partial charge in [-0.1, -0.05) is 19.4 Å². The largest absolute Gasteiger partial charge is 0.380 e. The van der Waals surface area contributed by atoms with Crippen LogP contribution >= 0.6 is 11.3 Å². The fraction of sp³-hybridized carbons (Fsp3) is 0.750. The van der Waals surface area contributed by atoms with Gasteiger partial charge in [0.1, 0.15) is 0 Å². The number of nitrogens with one attached hydrogen (secondary N) is 1. The predicted octanol–water partition coefficient (Wildman–Crippen LogP) is 3.02. The van der Waals surface area contributed by atoms with Crippen LogP contribution in [0, 0.1) is 0 Å². The summed E-state index contributed by atoms with van der Waals surface area (Å²) in [7, 11) is 2.21. The molecule has 1 heterocycles. The van der Waals surface area contributed by atoms with Crippen molar-refractivity contribution in [2.75, 3.05) is 39.9 Å². The van der Waals surface area contributed by atoms with Crippen LogP contribution < -0.4 is 5.32 Å². The van der Waals surface area contributed by atoms with E-state index in [-0.39, 0.29) is 0 Å². The molecule has 20 heavy (non-hydrogen) atoms. The van der Waals surface area contributed by atoms with E-state index in [4.69, 9.17) is 4.74 Å². The smallest absolute Gasteiger partial charge is 0.0590 e. The van der Waals surface area contributed by atoms with Crippen LogP contribution in [0.4, 0.5) is 0 Å². The Labute approximate surface area is 128 Å². The zero-order valence-electron chi connectivity index (χ0n) is 13.2. The molecule has 1 unspecified atom stereocenters. The third-order valence-electron chi connectivity index (χ3n) is 3.54. The minimum atomic E-state index is 0.594. The van der Waals surface area contributed by atoms with E-state index in [9.17, 15) is 0 Å². The van der Waals surface area contributed by atoms with E-state index in [1.807, 2.05) is 11.3 Å². The zero-order chi connectivity index (χ0) is 14.6. The average Bonchev–Trinajstić information content (AvgIpc) is 2.94. The van der Waals surface area contributed by atoms with Crippen LogP contribution in [0.25, 0.3) is 0 Å².